The Labute approximate surface area is 97.2 Å². The third-order valence-electron chi connectivity index (χ3n) is 2.82. The smallest absolute Gasteiger partial charge is 0.212 e. The van der Waals surface area contributed by atoms with Gasteiger partial charge >= 0.3 is 0 Å². The van der Waals surface area contributed by atoms with Crippen LogP contribution in [0.3, 0.4) is 0 Å². The van der Waals surface area contributed by atoms with Gasteiger partial charge < -0.3 is 9.84 Å². The van der Waals surface area contributed by atoms with Gasteiger partial charge in [0.15, 0.2) is 0 Å². The van der Waals surface area contributed by atoms with Crippen LogP contribution in [0.15, 0.2) is 0 Å². The number of aliphatic hydroxyl groups excluding tert-OH is 1. The second kappa shape index (κ2) is 6.54. The molecular weight excluding hydrogens is 230 g/mol. The van der Waals surface area contributed by atoms with Gasteiger partial charge in [-0.1, -0.05) is 12.8 Å². The first-order valence-corrected chi connectivity index (χ1v) is 7.37. The quantitative estimate of drug-likeness (QED) is 0.663. The van der Waals surface area contributed by atoms with E-state index in [1.165, 1.54) is 0 Å². The zero-order chi connectivity index (χ0) is 12.0. The van der Waals surface area contributed by atoms with E-state index in [9.17, 15) is 13.5 Å². The van der Waals surface area contributed by atoms with Crippen LogP contribution in [-0.4, -0.2) is 45.1 Å². The molecule has 6 heteroatoms. The van der Waals surface area contributed by atoms with Crippen molar-refractivity contribution in [2.75, 3.05) is 19.5 Å². The van der Waals surface area contributed by atoms with Crippen LogP contribution in [0.25, 0.3) is 0 Å². The zero-order valence-electron chi connectivity index (χ0n) is 9.68. The fourth-order valence-electron chi connectivity index (χ4n) is 1.93. The van der Waals surface area contributed by atoms with Gasteiger partial charge in [0.25, 0.3) is 0 Å². The topological polar surface area (TPSA) is 75.6 Å². The Morgan fingerprint density at radius 2 is 2.06 bits per heavy atom. The third-order valence-corrected chi connectivity index (χ3v) is 4.31. The van der Waals surface area contributed by atoms with Gasteiger partial charge in [0.2, 0.25) is 10.0 Å². The molecule has 1 saturated carbocycles. The lowest BCUT2D eigenvalue weighted by atomic mass is 9.93. The van der Waals surface area contributed by atoms with Crippen molar-refractivity contribution in [3.05, 3.63) is 0 Å². The highest BCUT2D eigenvalue weighted by Gasteiger charge is 2.26. The predicted molar refractivity (Wildman–Crippen MR) is 61.7 cm³/mol. The summed E-state index contributed by atoms with van der Waals surface area (Å²) < 4.78 is 30.7. The molecule has 1 fully saturated rings. The summed E-state index contributed by atoms with van der Waals surface area (Å²) in [4.78, 5) is 0. The summed E-state index contributed by atoms with van der Waals surface area (Å²) in [5.41, 5.74) is 0. The number of aliphatic hydroxyl groups is 1. The lowest BCUT2D eigenvalue weighted by molar-refractivity contribution is 0.101. The van der Waals surface area contributed by atoms with Crippen molar-refractivity contribution in [1.82, 2.24) is 4.72 Å². The number of hydrogen-bond donors (Lipinski definition) is 2. The average molecular weight is 251 g/mol. The van der Waals surface area contributed by atoms with E-state index in [2.05, 4.69) is 4.72 Å². The Balaban J connectivity index is 2.38. The fourth-order valence-corrected chi connectivity index (χ4v) is 3.28. The molecule has 0 aromatic rings. The minimum absolute atomic E-state index is 0.0596. The number of nitrogens with one attached hydrogen (secondary N) is 1. The molecule has 0 spiro atoms. The maximum absolute atomic E-state index is 11.6. The van der Waals surface area contributed by atoms with Crippen molar-refractivity contribution in [2.24, 2.45) is 0 Å². The molecule has 1 aliphatic carbocycles. The van der Waals surface area contributed by atoms with Crippen molar-refractivity contribution < 1.29 is 18.3 Å². The molecule has 0 amide bonds. The summed E-state index contributed by atoms with van der Waals surface area (Å²) in [6, 6.07) is -0.304. The molecule has 0 radical (unpaired) electrons. The number of sulfonamides is 1. The minimum atomic E-state index is -3.28. The van der Waals surface area contributed by atoms with Gasteiger partial charge in [-0.2, -0.15) is 0 Å². The molecule has 2 atom stereocenters. The minimum Gasteiger partial charge on any atom is -0.391 e. The second-order valence-corrected chi connectivity index (χ2v) is 6.11. The first-order chi connectivity index (χ1) is 7.55. The molecule has 0 aromatic carbocycles. The molecule has 1 rings (SSSR count). The maximum Gasteiger partial charge on any atom is 0.212 e. The molecule has 96 valence electrons. The lowest BCUT2D eigenvalue weighted by Gasteiger charge is -2.28. The summed E-state index contributed by atoms with van der Waals surface area (Å²) in [6.07, 6.45) is 3.31. The number of rotatable bonds is 6. The fraction of sp³-hybridized carbons (Fsp3) is 1.00. The van der Waals surface area contributed by atoms with E-state index < -0.39 is 16.1 Å². The zero-order valence-corrected chi connectivity index (χ0v) is 10.5. The summed E-state index contributed by atoms with van der Waals surface area (Å²) in [7, 11) is -1.73. The van der Waals surface area contributed by atoms with E-state index >= 15 is 0 Å². The van der Waals surface area contributed by atoms with Crippen LogP contribution in [0.2, 0.25) is 0 Å². The van der Waals surface area contributed by atoms with Gasteiger partial charge in [-0.15, -0.1) is 0 Å². The van der Waals surface area contributed by atoms with E-state index in [1.807, 2.05) is 0 Å². The van der Waals surface area contributed by atoms with Crippen molar-refractivity contribution in [3.8, 4) is 0 Å². The molecule has 0 heterocycles. The SMILES string of the molecule is COCCCS(=O)(=O)N[C@@H]1CCCC[C@H]1O. The van der Waals surface area contributed by atoms with Crippen LogP contribution in [0.4, 0.5) is 0 Å². The summed E-state index contributed by atoms with van der Waals surface area (Å²) >= 11 is 0. The van der Waals surface area contributed by atoms with Gasteiger partial charge in [-0.05, 0) is 19.3 Å². The van der Waals surface area contributed by atoms with Crippen molar-refractivity contribution in [1.29, 1.82) is 0 Å². The van der Waals surface area contributed by atoms with E-state index in [0.717, 1.165) is 19.3 Å². The van der Waals surface area contributed by atoms with Gasteiger partial charge in [0.05, 0.1) is 11.9 Å². The van der Waals surface area contributed by atoms with Crippen LogP contribution in [0, 0.1) is 0 Å². The van der Waals surface area contributed by atoms with Crippen LogP contribution >= 0.6 is 0 Å². The van der Waals surface area contributed by atoms with Crippen LogP contribution < -0.4 is 4.72 Å². The van der Waals surface area contributed by atoms with Crippen molar-refractivity contribution >= 4 is 10.0 Å². The largest absolute Gasteiger partial charge is 0.391 e. The third kappa shape index (κ3) is 4.78. The van der Waals surface area contributed by atoms with E-state index in [1.54, 1.807) is 7.11 Å². The number of methoxy groups -OCH3 is 1. The Kier molecular flexibility index (Phi) is 5.68. The molecule has 0 bridgehead atoms. The van der Waals surface area contributed by atoms with Gasteiger partial charge in [0.1, 0.15) is 0 Å². The van der Waals surface area contributed by atoms with Gasteiger partial charge in [0, 0.05) is 19.8 Å². The van der Waals surface area contributed by atoms with E-state index in [-0.39, 0.29) is 11.8 Å². The standard InChI is InChI=1S/C10H21NO4S/c1-15-7-4-8-16(13,14)11-9-5-2-3-6-10(9)12/h9-12H,2-8H2,1H3/t9-,10-/m1/s1. The molecule has 16 heavy (non-hydrogen) atoms. The summed E-state index contributed by atoms with van der Waals surface area (Å²) in [6.45, 7) is 0.439. The Hall–Kier alpha value is -0.170. The highest BCUT2D eigenvalue weighted by molar-refractivity contribution is 7.89. The van der Waals surface area contributed by atoms with Crippen molar-refractivity contribution in [3.63, 3.8) is 0 Å². The number of hydrogen-bond acceptors (Lipinski definition) is 4. The summed E-state index contributed by atoms with van der Waals surface area (Å²) in [5.74, 6) is 0.0596. The lowest BCUT2D eigenvalue weighted by Crippen LogP contribution is -2.45. The van der Waals surface area contributed by atoms with E-state index in [0.29, 0.717) is 19.4 Å². The van der Waals surface area contributed by atoms with Crippen LogP contribution in [0.1, 0.15) is 32.1 Å². The Bertz CT molecular complexity index is 291. The normalized spacial score (nSPS) is 26.9. The van der Waals surface area contributed by atoms with Crippen molar-refractivity contribution in [2.45, 2.75) is 44.2 Å². The van der Waals surface area contributed by atoms with Crippen LogP contribution in [-0.2, 0) is 14.8 Å². The molecule has 2 N–H and O–H groups in total. The molecular formula is C10H21NO4S. The Morgan fingerprint density at radius 3 is 2.69 bits per heavy atom. The molecule has 5 nitrogen and oxygen atoms in total. The van der Waals surface area contributed by atoms with Crippen LogP contribution in [0.5, 0.6) is 0 Å². The molecule has 0 aromatic heterocycles. The first kappa shape index (κ1) is 13.9. The molecule has 1 aliphatic rings. The molecule has 0 saturated heterocycles. The van der Waals surface area contributed by atoms with Gasteiger partial charge in [-0.25, -0.2) is 13.1 Å². The van der Waals surface area contributed by atoms with E-state index in [4.69, 9.17) is 4.74 Å². The highest BCUT2D eigenvalue weighted by Crippen LogP contribution is 2.19. The monoisotopic (exact) mass is 251 g/mol. The molecule has 0 unspecified atom stereocenters. The summed E-state index contributed by atoms with van der Waals surface area (Å²) in [5, 5.41) is 9.65. The predicted octanol–water partition coefficient (Wildman–Crippen LogP) is 0.246. The van der Waals surface area contributed by atoms with Gasteiger partial charge in [-0.3, -0.25) is 0 Å². The first-order valence-electron chi connectivity index (χ1n) is 5.72. The number of ether oxygens (including phenoxy) is 1. The maximum atomic E-state index is 11.6. The molecule has 0 aliphatic heterocycles. The highest BCUT2D eigenvalue weighted by atomic mass is 32.2. The average Bonchev–Trinajstić information content (AvgIpc) is 2.21. The Morgan fingerprint density at radius 1 is 1.38 bits per heavy atom. The second-order valence-electron chi connectivity index (χ2n) is 4.24.